The van der Waals surface area contributed by atoms with Crippen molar-refractivity contribution in [1.82, 2.24) is 20.5 Å². The third kappa shape index (κ3) is 5.60. The molecule has 0 fully saturated rings. The van der Waals surface area contributed by atoms with Crippen LogP contribution < -0.4 is 10.6 Å². The molecule has 0 aliphatic carbocycles. The lowest BCUT2D eigenvalue weighted by Gasteiger charge is -2.23. The Labute approximate surface area is 149 Å². The standard InChI is InChI=1S/C19H25N5O/c1-15-7-4-5-8-17(15)14-24(3)19(20-2)23-12-11-22-18(25)16-9-6-10-21-13-16/h4-10,13H,11-12,14H2,1-3H3,(H,20,23)(H,22,25). The lowest BCUT2D eigenvalue weighted by Crippen LogP contribution is -2.42. The fraction of sp³-hybridized carbons (Fsp3) is 0.316. The lowest BCUT2D eigenvalue weighted by atomic mass is 10.1. The molecule has 0 unspecified atom stereocenters. The maximum absolute atomic E-state index is 12.0. The van der Waals surface area contributed by atoms with Gasteiger partial charge in [-0.25, -0.2) is 0 Å². The van der Waals surface area contributed by atoms with Crippen LogP contribution in [-0.4, -0.2) is 48.9 Å². The molecule has 2 aromatic rings. The van der Waals surface area contributed by atoms with Crippen molar-refractivity contribution in [2.24, 2.45) is 4.99 Å². The molecule has 1 amide bonds. The van der Waals surface area contributed by atoms with Gasteiger partial charge in [-0.3, -0.25) is 14.8 Å². The van der Waals surface area contributed by atoms with Crippen LogP contribution in [0.5, 0.6) is 0 Å². The van der Waals surface area contributed by atoms with Gasteiger partial charge < -0.3 is 15.5 Å². The molecule has 0 aliphatic heterocycles. The third-order valence-corrected chi connectivity index (χ3v) is 3.86. The maximum Gasteiger partial charge on any atom is 0.252 e. The summed E-state index contributed by atoms with van der Waals surface area (Å²) in [6, 6.07) is 11.8. The van der Waals surface area contributed by atoms with E-state index in [1.54, 1.807) is 31.6 Å². The van der Waals surface area contributed by atoms with Crippen LogP contribution in [0, 0.1) is 6.92 Å². The first-order valence-corrected chi connectivity index (χ1v) is 8.26. The highest BCUT2D eigenvalue weighted by molar-refractivity contribution is 5.93. The zero-order chi connectivity index (χ0) is 18.1. The predicted molar refractivity (Wildman–Crippen MR) is 101 cm³/mol. The van der Waals surface area contributed by atoms with Crippen LogP contribution >= 0.6 is 0 Å². The van der Waals surface area contributed by atoms with Crippen molar-refractivity contribution in [2.45, 2.75) is 13.5 Å². The van der Waals surface area contributed by atoms with E-state index in [0.29, 0.717) is 18.7 Å². The number of nitrogens with zero attached hydrogens (tertiary/aromatic N) is 3. The number of aromatic nitrogens is 1. The Bertz CT molecular complexity index is 715. The fourth-order valence-corrected chi connectivity index (χ4v) is 2.45. The SMILES string of the molecule is CN=C(NCCNC(=O)c1cccnc1)N(C)Cc1ccccc1C. The van der Waals surface area contributed by atoms with E-state index in [1.807, 2.05) is 19.2 Å². The van der Waals surface area contributed by atoms with Crippen LogP contribution in [0.4, 0.5) is 0 Å². The topological polar surface area (TPSA) is 69.6 Å². The molecule has 1 heterocycles. The minimum absolute atomic E-state index is 0.127. The normalized spacial score (nSPS) is 11.1. The monoisotopic (exact) mass is 339 g/mol. The van der Waals surface area contributed by atoms with Gasteiger partial charge in [-0.2, -0.15) is 0 Å². The van der Waals surface area contributed by atoms with Crippen LogP contribution in [0.3, 0.4) is 0 Å². The van der Waals surface area contributed by atoms with E-state index in [-0.39, 0.29) is 5.91 Å². The maximum atomic E-state index is 12.0. The number of aryl methyl sites for hydroxylation is 1. The highest BCUT2D eigenvalue weighted by Gasteiger charge is 2.08. The average molecular weight is 339 g/mol. The van der Waals surface area contributed by atoms with Crippen molar-refractivity contribution in [3.63, 3.8) is 0 Å². The van der Waals surface area contributed by atoms with E-state index in [4.69, 9.17) is 0 Å². The number of nitrogens with one attached hydrogen (secondary N) is 2. The van der Waals surface area contributed by atoms with Gasteiger partial charge in [0.2, 0.25) is 0 Å². The zero-order valence-corrected chi connectivity index (χ0v) is 15.0. The Morgan fingerprint density at radius 2 is 1.92 bits per heavy atom. The molecule has 0 radical (unpaired) electrons. The fourth-order valence-electron chi connectivity index (χ4n) is 2.45. The molecule has 0 aliphatic rings. The number of amides is 1. The lowest BCUT2D eigenvalue weighted by molar-refractivity contribution is 0.0954. The molecule has 0 atom stereocenters. The minimum Gasteiger partial charge on any atom is -0.354 e. The number of pyridine rings is 1. The quantitative estimate of drug-likeness (QED) is 0.479. The van der Waals surface area contributed by atoms with E-state index in [0.717, 1.165) is 12.5 Å². The second kappa shape index (κ2) is 9.42. The molecule has 0 bridgehead atoms. The van der Waals surface area contributed by atoms with Crippen molar-refractivity contribution in [1.29, 1.82) is 0 Å². The average Bonchev–Trinajstić information content (AvgIpc) is 2.64. The number of guanidine groups is 1. The number of aliphatic imine (C=N–C) groups is 1. The molecule has 1 aromatic carbocycles. The Morgan fingerprint density at radius 3 is 2.60 bits per heavy atom. The van der Waals surface area contributed by atoms with Gasteiger partial charge in [0.05, 0.1) is 5.56 Å². The van der Waals surface area contributed by atoms with Crippen molar-refractivity contribution in [3.8, 4) is 0 Å². The number of hydrogen-bond donors (Lipinski definition) is 2. The van der Waals surface area contributed by atoms with E-state index in [2.05, 4.69) is 44.6 Å². The van der Waals surface area contributed by atoms with Gasteiger partial charge in [-0.05, 0) is 30.2 Å². The molecule has 2 N–H and O–H groups in total. The third-order valence-electron chi connectivity index (χ3n) is 3.86. The summed E-state index contributed by atoms with van der Waals surface area (Å²) in [6.45, 7) is 3.98. The van der Waals surface area contributed by atoms with Gasteiger partial charge in [-0.15, -0.1) is 0 Å². The Balaban J connectivity index is 1.78. The van der Waals surface area contributed by atoms with Gasteiger partial charge in [0.1, 0.15) is 0 Å². The first kappa shape index (κ1) is 18.4. The molecule has 6 heteroatoms. The van der Waals surface area contributed by atoms with E-state index >= 15 is 0 Å². The number of benzene rings is 1. The van der Waals surface area contributed by atoms with Crippen LogP contribution in [0.25, 0.3) is 0 Å². The predicted octanol–water partition coefficient (Wildman–Crippen LogP) is 1.83. The van der Waals surface area contributed by atoms with Crippen molar-refractivity contribution >= 4 is 11.9 Å². The summed E-state index contributed by atoms with van der Waals surface area (Å²) < 4.78 is 0. The summed E-state index contributed by atoms with van der Waals surface area (Å²) in [4.78, 5) is 22.3. The molecule has 25 heavy (non-hydrogen) atoms. The largest absolute Gasteiger partial charge is 0.354 e. The molecular formula is C19H25N5O. The minimum atomic E-state index is -0.127. The van der Waals surface area contributed by atoms with Crippen LogP contribution in [0.1, 0.15) is 21.5 Å². The zero-order valence-electron chi connectivity index (χ0n) is 15.0. The smallest absolute Gasteiger partial charge is 0.252 e. The summed E-state index contributed by atoms with van der Waals surface area (Å²) in [7, 11) is 3.75. The number of hydrogen-bond acceptors (Lipinski definition) is 3. The van der Waals surface area contributed by atoms with E-state index in [1.165, 1.54) is 11.1 Å². The first-order chi connectivity index (χ1) is 12.1. The second-order valence-electron chi connectivity index (χ2n) is 5.75. The van der Waals surface area contributed by atoms with Crippen molar-refractivity contribution in [2.75, 3.05) is 27.2 Å². The van der Waals surface area contributed by atoms with Crippen molar-refractivity contribution < 1.29 is 4.79 Å². The van der Waals surface area contributed by atoms with Crippen molar-refractivity contribution in [3.05, 3.63) is 65.5 Å². The first-order valence-electron chi connectivity index (χ1n) is 8.26. The van der Waals surface area contributed by atoms with Crippen LogP contribution in [-0.2, 0) is 6.54 Å². The number of carbonyl (C=O) groups is 1. The van der Waals surface area contributed by atoms with Gasteiger partial charge in [0.15, 0.2) is 5.96 Å². The van der Waals surface area contributed by atoms with Gasteiger partial charge in [-0.1, -0.05) is 24.3 Å². The molecule has 132 valence electrons. The van der Waals surface area contributed by atoms with E-state index in [9.17, 15) is 4.79 Å². The molecule has 2 rings (SSSR count). The van der Waals surface area contributed by atoms with Crippen LogP contribution in [0.2, 0.25) is 0 Å². The molecule has 1 aromatic heterocycles. The number of carbonyl (C=O) groups excluding carboxylic acids is 1. The Hall–Kier alpha value is -2.89. The summed E-state index contributed by atoms with van der Waals surface area (Å²) in [5, 5.41) is 6.12. The molecular weight excluding hydrogens is 314 g/mol. The summed E-state index contributed by atoms with van der Waals surface area (Å²) in [5.41, 5.74) is 3.08. The number of rotatable bonds is 6. The summed E-state index contributed by atoms with van der Waals surface area (Å²) in [5.74, 6) is 0.664. The molecule has 6 nitrogen and oxygen atoms in total. The highest BCUT2D eigenvalue weighted by Crippen LogP contribution is 2.09. The summed E-state index contributed by atoms with van der Waals surface area (Å²) in [6.07, 6.45) is 3.20. The molecule has 0 saturated carbocycles. The molecule has 0 spiro atoms. The van der Waals surface area contributed by atoms with Gasteiger partial charge >= 0.3 is 0 Å². The van der Waals surface area contributed by atoms with Gasteiger partial charge in [0, 0.05) is 46.1 Å². The highest BCUT2D eigenvalue weighted by atomic mass is 16.1. The Kier molecular flexibility index (Phi) is 6.95. The Morgan fingerprint density at radius 1 is 1.16 bits per heavy atom. The molecule has 0 saturated heterocycles. The van der Waals surface area contributed by atoms with Crippen LogP contribution in [0.15, 0.2) is 53.8 Å². The second-order valence-corrected chi connectivity index (χ2v) is 5.75. The van der Waals surface area contributed by atoms with E-state index < -0.39 is 0 Å². The van der Waals surface area contributed by atoms with Gasteiger partial charge in [0.25, 0.3) is 5.91 Å². The summed E-state index contributed by atoms with van der Waals surface area (Å²) >= 11 is 0.